The highest BCUT2D eigenvalue weighted by Crippen LogP contribution is 2.25. The predicted molar refractivity (Wildman–Crippen MR) is 70.7 cm³/mol. The summed E-state index contributed by atoms with van der Waals surface area (Å²) in [6.45, 7) is 6.32. The highest BCUT2D eigenvalue weighted by atomic mass is 16.5. The summed E-state index contributed by atoms with van der Waals surface area (Å²) in [5.74, 6) is 1.23. The molecule has 2 rings (SSSR count). The Morgan fingerprint density at radius 3 is 2.33 bits per heavy atom. The van der Waals surface area contributed by atoms with Gasteiger partial charge in [-0.15, -0.1) is 5.10 Å². The molecule has 2 N–H and O–H groups in total. The van der Waals surface area contributed by atoms with Crippen LogP contribution in [0.15, 0.2) is 24.3 Å². The van der Waals surface area contributed by atoms with Crippen molar-refractivity contribution in [3.8, 4) is 11.6 Å². The summed E-state index contributed by atoms with van der Waals surface area (Å²) in [4.78, 5) is 0. The summed E-state index contributed by atoms with van der Waals surface area (Å²) in [7, 11) is 0. The zero-order valence-electron chi connectivity index (χ0n) is 10.9. The van der Waals surface area contributed by atoms with Crippen LogP contribution in [0.4, 0.5) is 0 Å². The van der Waals surface area contributed by atoms with Crippen molar-refractivity contribution >= 4 is 0 Å². The number of nitrogens with zero attached hydrogens (tertiary/aromatic N) is 2. The predicted octanol–water partition coefficient (Wildman–Crippen LogP) is 2.65. The van der Waals surface area contributed by atoms with E-state index in [2.05, 4.69) is 10.2 Å². The summed E-state index contributed by atoms with van der Waals surface area (Å²) in [6, 6.07) is 7.80. The highest BCUT2D eigenvalue weighted by molar-refractivity contribution is 5.38. The molecule has 1 aromatic heterocycles. The molecule has 0 saturated heterocycles. The fourth-order valence-corrected chi connectivity index (χ4v) is 1.67. The van der Waals surface area contributed by atoms with Crippen molar-refractivity contribution < 1.29 is 4.74 Å². The van der Waals surface area contributed by atoms with Crippen molar-refractivity contribution in [2.45, 2.75) is 27.3 Å². The molecule has 0 radical (unpaired) electrons. The number of hydrogen-bond donors (Lipinski definition) is 1. The van der Waals surface area contributed by atoms with Crippen LogP contribution in [0.2, 0.25) is 0 Å². The summed E-state index contributed by atoms with van der Waals surface area (Å²) in [5, 5.41) is 8.15. The second-order valence-electron chi connectivity index (χ2n) is 4.31. The molecule has 0 bridgehead atoms. The van der Waals surface area contributed by atoms with Crippen LogP contribution in [0.25, 0.3) is 0 Å². The maximum Gasteiger partial charge on any atom is 0.243 e. The van der Waals surface area contributed by atoms with Crippen LogP contribution in [0.5, 0.6) is 11.6 Å². The molecule has 0 fully saturated rings. The zero-order valence-corrected chi connectivity index (χ0v) is 10.9. The zero-order chi connectivity index (χ0) is 13.1. The molecular formula is C14H17N3O. The maximum atomic E-state index is 5.75. The van der Waals surface area contributed by atoms with Crippen LogP contribution in [0.1, 0.15) is 22.4 Å². The van der Waals surface area contributed by atoms with E-state index >= 15 is 0 Å². The van der Waals surface area contributed by atoms with Gasteiger partial charge in [-0.05, 0) is 38.5 Å². The molecule has 18 heavy (non-hydrogen) atoms. The molecule has 94 valence electrons. The van der Waals surface area contributed by atoms with E-state index in [-0.39, 0.29) is 0 Å². The van der Waals surface area contributed by atoms with Crippen LogP contribution >= 0.6 is 0 Å². The minimum Gasteiger partial charge on any atom is -0.437 e. The van der Waals surface area contributed by atoms with E-state index in [1.165, 1.54) is 5.56 Å². The lowest BCUT2D eigenvalue weighted by molar-refractivity contribution is 0.446. The topological polar surface area (TPSA) is 61.0 Å². The van der Waals surface area contributed by atoms with Gasteiger partial charge in [-0.1, -0.05) is 17.7 Å². The van der Waals surface area contributed by atoms with E-state index < -0.39 is 0 Å². The largest absolute Gasteiger partial charge is 0.437 e. The second-order valence-corrected chi connectivity index (χ2v) is 4.31. The first kappa shape index (κ1) is 12.5. The summed E-state index contributed by atoms with van der Waals surface area (Å²) >= 11 is 0. The molecule has 1 aromatic carbocycles. The van der Waals surface area contributed by atoms with E-state index in [0.29, 0.717) is 12.4 Å². The molecule has 0 aliphatic heterocycles. The van der Waals surface area contributed by atoms with Gasteiger partial charge >= 0.3 is 0 Å². The Hall–Kier alpha value is -1.94. The fourth-order valence-electron chi connectivity index (χ4n) is 1.67. The van der Waals surface area contributed by atoms with E-state index in [9.17, 15) is 0 Å². The van der Waals surface area contributed by atoms with Gasteiger partial charge in [0.25, 0.3) is 0 Å². The SMILES string of the molecule is Cc1ccc(Oc2nnc(C)c(C)c2CN)cc1. The number of nitrogens with two attached hydrogens (primary N) is 1. The molecular weight excluding hydrogens is 226 g/mol. The Kier molecular flexibility index (Phi) is 3.58. The van der Waals surface area contributed by atoms with Crippen LogP contribution in [0.3, 0.4) is 0 Å². The van der Waals surface area contributed by atoms with Crippen molar-refractivity contribution in [1.29, 1.82) is 0 Å². The normalized spacial score (nSPS) is 10.4. The van der Waals surface area contributed by atoms with Crippen molar-refractivity contribution in [3.63, 3.8) is 0 Å². The van der Waals surface area contributed by atoms with Crippen molar-refractivity contribution in [2.24, 2.45) is 5.73 Å². The van der Waals surface area contributed by atoms with Crippen LogP contribution in [-0.4, -0.2) is 10.2 Å². The number of ether oxygens (including phenoxy) is 1. The molecule has 4 heteroatoms. The lowest BCUT2D eigenvalue weighted by Gasteiger charge is -2.11. The molecule has 0 aliphatic rings. The van der Waals surface area contributed by atoms with Gasteiger partial charge in [0.05, 0.1) is 5.69 Å². The molecule has 4 nitrogen and oxygen atoms in total. The number of hydrogen-bond acceptors (Lipinski definition) is 4. The molecule has 0 saturated carbocycles. The first-order valence-corrected chi connectivity index (χ1v) is 5.89. The summed E-state index contributed by atoms with van der Waals surface area (Å²) in [6.07, 6.45) is 0. The van der Waals surface area contributed by atoms with Gasteiger partial charge < -0.3 is 10.5 Å². The lowest BCUT2D eigenvalue weighted by atomic mass is 10.1. The number of aromatic nitrogens is 2. The van der Waals surface area contributed by atoms with Gasteiger partial charge in [0.2, 0.25) is 5.88 Å². The van der Waals surface area contributed by atoms with Gasteiger partial charge in [-0.3, -0.25) is 0 Å². The Balaban J connectivity index is 2.34. The highest BCUT2D eigenvalue weighted by Gasteiger charge is 2.11. The maximum absolute atomic E-state index is 5.75. The summed E-state index contributed by atoms with van der Waals surface area (Å²) < 4.78 is 5.74. The summed E-state index contributed by atoms with van der Waals surface area (Å²) in [5.41, 5.74) is 9.76. The molecule has 0 unspecified atom stereocenters. The molecule has 0 spiro atoms. The molecule has 1 heterocycles. The van der Waals surface area contributed by atoms with E-state index in [0.717, 1.165) is 22.6 Å². The number of rotatable bonds is 3. The minimum absolute atomic E-state index is 0.392. The van der Waals surface area contributed by atoms with Crippen molar-refractivity contribution in [2.75, 3.05) is 0 Å². The second kappa shape index (κ2) is 5.14. The third-order valence-electron chi connectivity index (χ3n) is 2.98. The number of benzene rings is 1. The molecule has 0 aliphatic carbocycles. The number of aryl methyl sites for hydroxylation is 2. The smallest absolute Gasteiger partial charge is 0.243 e. The van der Waals surface area contributed by atoms with Gasteiger partial charge in [0.15, 0.2) is 0 Å². The minimum atomic E-state index is 0.392. The van der Waals surface area contributed by atoms with Crippen LogP contribution < -0.4 is 10.5 Å². The Morgan fingerprint density at radius 1 is 1.06 bits per heavy atom. The Labute approximate surface area is 107 Å². The third-order valence-corrected chi connectivity index (χ3v) is 2.98. The molecule has 2 aromatic rings. The fraction of sp³-hybridized carbons (Fsp3) is 0.286. The standard InChI is InChI=1S/C14H17N3O/c1-9-4-6-12(7-5-9)18-14-13(8-15)10(2)11(3)16-17-14/h4-7H,8,15H2,1-3H3. The third kappa shape index (κ3) is 2.49. The monoisotopic (exact) mass is 243 g/mol. The van der Waals surface area contributed by atoms with Gasteiger partial charge in [0.1, 0.15) is 5.75 Å². The first-order valence-electron chi connectivity index (χ1n) is 5.89. The lowest BCUT2D eigenvalue weighted by Crippen LogP contribution is -2.07. The quantitative estimate of drug-likeness (QED) is 0.900. The van der Waals surface area contributed by atoms with E-state index in [4.69, 9.17) is 10.5 Å². The van der Waals surface area contributed by atoms with Gasteiger partial charge in [0, 0.05) is 12.1 Å². The van der Waals surface area contributed by atoms with E-state index in [1.54, 1.807) is 0 Å². The van der Waals surface area contributed by atoms with Crippen LogP contribution in [0, 0.1) is 20.8 Å². The Bertz CT molecular complexity index is 550. The van der Waals surface area contributed by atoms with Crippen molar-refractivity contribution in [1.82, 2.24) is 10.2 Å². The van der Waals surface area contributed by atoms with Crippen LogP contribution in [-0.2, 0) is 6.54 Å². The van der Waals surface area contributed by atoms with E-state index in [1.807, 2.05) is 45.0 Å². The average Bonchev–Trinajstić information content (AvgIpc) is 2.37. The Morgan fingerprint density at radius 2 is 1.72 bits per heavy atom. The molecule has 0 amide bonds. The first-order chi connectivity index (χ1) is 8.61. The van der Waals surface area contributed by atoms with Crippen molar-refractivity contribution in [3.05, 3.63) is 46.6 Å². The van der Waals surface area contributed by atoms with Gasteiger partial charge in [-0.25, -0.2) is 0 Å². The van der Waals surface area contributed by atoms with Gasteiger partial charge in [-0.2, -0.15) is 5.10 Å². The molecule has 0 atom stereocenters. The average molecular weight is 243 g/mol.